The highest BCUT2D eigenvalue weighted by atomic mass is 127. The Hall–Kier alpha value is -2.75. The number of ether oxygens (including phenoxy) is 4. The molecule has 2 aromatic carbocycles. The molecule has 2 aromatic rings. The number of methoxy groups -OCH3 is 2. The van der Waals surface area contributed by atoms with Crippen molar-refractivity contribution in [3.05, 3.63) is 57.7 Å². The Morgan fingerprint density at radius 3 is 2.55 bits per heavy atom. The summed E-state index contributed by atoms with van der Waals surface area (Å²) in [6, 6.07) is 8.59. The van der Waals surface area contributed by atoms with E-state index < -0.39 is 0 Å². The van der Waals surface area contributed by atoms with Crippen molar-refractivity contribution < 1.29 is 23.7 Å². The van der Waals surface area contributed by atoms with Crippen molar-refractivity contribution in [1.29, 1.82) is 0 Å². The topological polar surface area (TPSA) is 78.4 Å². The quantitative estimate of drug-likeness (QED) is 0.226. The maximum Gasteiger partial charge on any atom is 0.271 e. The first-order valence-corrected chi connectivity index (χ1v) is 9.87. The minimum Gasteiger partial charge on any atom is -0.493 e. The normalized spacial score (nSPS) is 10.5. The number of nitrogens with one attached hydrogen (secondary N) is 1. The third kappa shape index (κ3) is 6.11. The molecule has 2 rings (SSSR count). The summed E-state index contributed by atoms with van der Waals surface area (Å²) < 4.78 is 22.6. The van der Waals surface area contributed by atoms with Gasteiger partial charge in [0.2, 0.25) is 0 Å². The third-order valence-corrected chi connectivity index (χ3v) is 4.50. The van der Waals surface area contributed by atoms with Crippen LogP contribution in [0.2, 0.25) is 0 Å². The third-order valence-electron chi connectivity index (χ3n) is 3.70. The van der Waals surface area contributed by atoms with Gasteiger partial charge < -0.3 is 18.9 Å². The van der Waals surface area contributed by atoms with Gasteiger partial charge in [-0.05, 0) is 65.4 Å². The lowest BCUT2D eigenvalue weighted by atomic mass is 10.2. The number of hydrazone groups is 1. The molecule has 0 aliphatic heterocycles. The van der Waals surface area contributed by atoms with Gasteiger partial charge in [0.15, 0.2) is 23.0 Å². The minimum absolute atomic E-state index is 0.363. The number of amides is 1. The molecule has 0 bridgehead atoms. The maximum atomic E-state index is 12.4. The number of nitrogens with zero attached hydrogens (tertiary/aromatic N) is 1. The minimum atomic E-state index is -0.363. The van der Waals surface area contributed by atoms with Crippen LogP contribution in [0, 0.1) is 3.57 Å². The monoisotopic (exact) mass is 510 g/mol. The largest absolute Gasteiger partial charge is 0.493 e. The molecule has 0 saturated heterocycles. The summed E-state index contributed by atoms with van der Waals surface area (Å²) in [6.45, 7) is 6.34. The Morgan fingerprint density at radius 1 is 1.14 bits per heavy atom. The van der Waals surface area contributed by atoms with Crippen molar-refractivity contribution in [2.75, 3.05) is 27.4 Å². The molecule has 0 radical (unpaired) electrons. The van der Waals surface area contributed by atoms with Crippen LogP contribution < -0.4 is 24.4 Å². The van der Waals surface area contributed by atoms with Crippen LogP contribution in [0.25, 0.3) is 0 Å². The Morgan fingerprint density at radius 2 is 1.90 bits per heavy atom. The van der Waals surface area contributed by atoms with E-state index in [2.05, 4.69) is 39.7 Å². The first-order chi connectivity index (χ1) is 14.0. The van der Waals surface area contributed by atoms with Crippen LogP contribution in [0.1, 0.15) is 22.8 Å². The molecule has 0 heterocycles. The molecule has 29 heavy (non-hydrogen) atoms. The second-order valence-electron chi connectivity index (χ2n) is 5.63. The van der Waals surface area contributed by atoms with Gasteiger partial charge in [-0.3, -0.25) is 4.79 Å². The lowest BCUT2D eigenvalue weighted by Gasteiger charge is -2.12. The van der Waals surface area contributed by atoms with Crippen LogP contribution in [-0.4, -0.2) is 39.6 Å². The van der Waals surface area contributed by atoms with Crippen LogP contribution in [0.3, 0.4) is 0 Å². The van der Waals surface area contributed by atoms with Crippen molar-refractivity contribution in [2.24, 2.45) is 5.10 Å². The molecule has 1 N–H and O–H groups in total. The molecule has 8 heteroatoms. The molecular formula is C21H23IN2O5. The van der Waals surface area contributed by atoms with Crippen molar-refractivity contribution >= 4 is 34.7 Å². The summed E-state index contributed by atoms with van der Waals surface area (Å²) in [6.07, 6.45) is 3.20. The van der Waals surface area contributed by atoms with E-state index in [1.54, 1.807) is 44.6 Å². The van der Waals surface area contributed by atoms with Gasteiger partial charge in [-0.2, -0.15) is 5.10 Å². The predicted molar refractivity (Wildman–Crippen MR) is 121 cm³/mol. The first-order valence-electron chi connectivity index (χ1n) is 8.79. The fraction of sp³-hybridized carbons (Fsp3) is 0.238. The summed E-state index contributed by atoms with van der Waals surface area (Å²) in [5.41, 5.74) is 3.67. The Bertz CT molecular complexity index is 899. The van der Waals surface area contributed by atoms with Crippen molar-refractivity contribution in [2.45, 2.75) is 6.92 Å². The molecule has 0 saturated carbocycles. The molecule has 7 nitrogen and oxygen atoms in total. The van der Waals surface area contributed by atoms with Crippen LogP contribution in [0.4, 0.5) is 0 Å². The summed E-state index contributed by atoms with van der Waals surface area (Å²) in [5.74, 6) is 1.91. The van der Waals surface area contributed by atoms with Crippen molar-refractivity contribution in [3.63, 3.8) is 0 Å². The number of hydrogen-bond acceptors (Lipinski definition) is 6. The molecule has 1 amide bonds. The Kier molecular flexibility index (Phi) is 8.78. The first kappa shape index (κ1) is 22.5. The number of rotatable bonds is 10. The second kappa shape index (κ2) is 11.3. The lowest BCUT2D eigenvalue weighted by molar-refractivity contribution is 0.0954. The van der Waals surface area contributed by atoms with E-state index in [1.807, 2.05) is 13.0 Å². The number of hydrogen-bond donors (Lipinski definition) is 1. The zero-order valence-corrected chi connectivity index (χ0v) is 18.7. The van der Waals surface area contributed by atoms with Gasteiger partial charge in [0, 0.05) is 5.56 Å². The standard InChI is InChI=1S/C21H23IN2O5/c1-5-9-29-20-16(22)10-14(11-19(20)27-4)13-23-24-21(25)15-7-8-17(26-3)18(12-15)28-6-2/h5,7-8,10-13H,1,6,9H2,2-4H3,(H,24,25)/b23-13+. The highest BCUT2D eigenvalue weighted by Crippen LogP contribution is 2.33. The average molecular weight is 510 g/mol. The SMILES string of the molecule is C=CCOc1c(I)cc(/C=N/NC(=O)c2ccc(OC)c(OCC)c2)cc1OC. The summed E-state index contributed by atoms with van der Waals surface area (Å²) >= 11 is 2.15. The molecular weight excluding hydrogens is 487 g/mol. The Balaban J connectivity index is 2.13. The van der Waals surface area contributed by atoms with E-state index in [4.69, 9.17) is 18.9 Å². The van der Waals surface area contributed by atoms with E-state index in [9.17, 15) is 4.79 Å². The van der Waals surface area contributed by atoms with E-state index >= 15 is 0 Å². The van der Waals surface area contributed by atoms with Crippen LogP contribution in [0.5, 0.6) is 23.0 Å². The molecule has 0 atom stereocenters. The summed E-state index contributed by atoms with van der Waals surface area (Å²) in [7, 11) is 3.11. The van der Waals surface area contributed by atoms with E-state index in [-0.39, 0.29) is 5.91 Å². The lowest BCUT2D eigenvalue weighted by Crippen LogP contribution is -2.17. The highest BCUT2D eigenvalue weighted by molar-refractivity contribution is 14.1. The van der Waals surface area contributed by atoms with Gasteiger partial charge in [0.25, 0.3) is 5.91 Å². The van der Waals surface area contributed by atoms with Gasteiger partial charge in [0.1, 0.15) is 6.61 Å². The maximum absolute atomic E-state index is 12.4. The molecule has 0 spiro atoms. The second-order valence-corrected chi connectivity index (χ2v) is 6.79. The highest BCUT2D eigenvalue weighted by Gasteiger charge is 2.12. The predicted octanol–water partition coefficient (Wildman–Crippen LogP) is 4.04. The van der Waals surface area contributed by atoms with Gasteiger partial charge in [-0.25, -0.2) is 5.43 Å². The molecule has 0 aliphatic carbocycles. The Labute approximate surface area is 183 Å². The van der Waals surface area contributed by atoms with Crippen LogP contribution in [-0.2, 0) is 0 Å². The number of benzene rings is 2. The molecule has 154 valence electrons. The number of carbonyl (C=O) groups excluding carboxylic acids is 1. The zero-order valence-electron chi connectivity index (χ0n) is 16.5. The summed E-state index contributed by atoms with van der Waals surface area (Å²) in [4.78, 5) is 12.4. The van der Waals surface area contributed by atoms with E-state index in [0.29, 0.717) is 41.8 Å². The van der Waals surface area contributed by atoms with Gasteiger partial charge in [-0.15, -0.1) is 0 Å². The fourth-order valence-electron chi connectivity index (χ4n) is 2.41. The van der Waals surface area contributed by atoms with Crippen molar-refractivity contribution in [3.8, 4) is 23.0 Å². The van der Waals surface area contributed by atoms with Crippen LogP contribution >= 0.6 is 22.6 Å². The molecule has 0 aliphatic rings. The molecule has 0 aromatic heterocycles. The fourth-order valence-corrected chi connectivity index (χ4v) is 3.19. The zero-order chi connectivity index (χ0) is 21.2. The van der Waals surface area contributed by atoms with Crippen LogP contribution in [0.15, 0.2) is 48.1 Å². The van der Waals surface area contributed by atoms with E-state index in [0.717, 1.165) is 9.13 Å². The van der Waals surface area contributed by atoms with Gasteiger partial charge >= 0.3 is 0 Å². The molecule has 0 unspecified atom stereocenters. The number of carbonyl (C=O) groups is 1. The summed E-state index contributed by atoms with van der Waals surface area (Å²) in [5, 5.41) is 4.03. The number of halogens is 1. The average Bonchev–Trinajstić information content (AvgIpc) is 2.72. The van der Waals surface area contributed by atoms with Gasteiger partial charge in [0.05, 0.1) is 30.6 Å². The van der Waals surface area contributed by atoms with Gasteiger partial charge in [-0.1, -0.05) is 12.7 Å². The molecule has 0 fully saturated rings. The smallest absolute Gasteiger partial charge is 0.271 e. The van der Waals surface area contributed by atoms with Crippen molar-refractivity contribution in [1.82, 2.24) is 5.43 Å². The van der Waals surface area contributed by atoms with E-state index in [1.165, 1.54) is 6.21 Å².